The topological polar surface area (TPSA) is 39.1 Å². The third kappa shape index (κ3) is 4.54. The van der Waals surface area contributed by atoms with E-state index in [1.165, 1.54) is 5.56 Å². The maximum absolute atomic E-state index is 9.42. The van der Waals surface area contributed by atoms with Crippen molar-refractivity contribution in [1.29, 1.82) is 5.26 Å². The smallest absolute Gasteiger partial charge is 0.101 e. The number of nitrogens with one attached hydrogen (secondary N) is 1. The van der Waals surface area contributed by atoms with Crippen molar-refractivity contribution in [2.45, 2.75) is 59.7 Å². The average molecular weight is 273 g/mol. The fourth-order valence-electron chi connectivity index (χ4n) is 2.25. The van der Waals surface area contributed by atoms with Gasteiger partial charge in [-0.25, -0.2) is 0 Å². The number of benzene rings is 1. The first-order chi connectivity index (χ1) is 9.49. The van der Waals surface area contributed by atoms with Crippen molar-refractivity contribution in [1.82, 2.24) is 5.32 Å². The molecule has 110 valence electrons. The second-order valence-corrected chi connectivity index (χ2v) is 5.79. The van der Waals surface area contributed by atoms with Gasteiger partial charge in [-0.2, -0.15) is 5.26 Å². The Morgan fingerprint density at radius 1 is 1.25 bits per heavy atom. The Bertz CT molecular complexity index is 458. The van der Waals surface area contributed by atoms with Crippen LogP contribution in [0.15, 0.2) is 18.2 Å². The van der Waals surface area contributed by atoms with Crippen LogP contribution in [0.1, 0.15) is 52.2 Å². The van der Waals surface area contributed by atoms with Crippen molar-refractivity contribution in [2.24, 2.45) is 0 Å². The lowest BCUT2D eigenvalue weighted by Gasteiger charge is -2.29. The number of hydrogen-bond acceptors (Lipinski definition) is 3. The molecule has 0 bridgehead atoms. The van der Waals surface area contributed by atoms with Crippen LogP contribution >= 0.6 is 0 Å². The van der Waals surface area contributed by atoms with Crippen LogP contribution in [-0.4, -0.2) is 18.6 Å². The first-order valence-corrected chi connectivity index (χ1v) is 7.52. The molecular formula is C17H27N3. The average Bonchev–Trinajstić information content (AvgIpc) is 2.42. The Balaban J connectivity index is 3.00. The standard InChI is InChI=1S/C17H27N3/c1-6-9-20(14(4)5)17-8-7-15(10-16(17)11-18)12-19-13(2)3/h7-8,10,13-14,19H,6,9,12H2,1-5H3. The Morgan fingerprint density at radius 3 is 2.45 bits per heavy atom. The zero-order valence-electron chi connectivity index (χ0n) is 13.4. The van der Waals surface area contributed by atoms with Crippen molar-refractivity contribution < 1.29 is 0 Å². The van der Waals surface area contributed by atoms with E-state index in [2.05, 4.69) is 63.0 Å². The maximum atomic E-state index is 9.42. The van der Waals surface area contributed by atoms with E-state index in [0.29, 0.717) is 12.1 Å². The summed E-state index contributed by atoms with van der Waals surface area (Å²) in [5.41, 5.74) is 2.99. The molecule has 0 amide bonds. The van der Waals surface area contributed by atoms with Crippen LogP contribution in [-0.2, 0) is 6.54 Å². The van der Waals surface area contributed by atoms with Crippen molar-refractivity contribution in [3.8, 4) is 6.07 Å². The summed E-state index contributed by atoms with van der Waals surface area (Å²) in [5.74, 6) is 0. The molecule has 0 saturated heterocycles. The molecule has 0 atom stereocenters. The van der Waals surface area contributed by atoms with E-state index in [-0.39, 0.29) is 0 Å². The molecule has 0 fully saturated rings. The van der Waals surface area contributed by atoms with E-state index in [4.69, 9.17) is 0 Å². The van der Waals surface area contributed by atoms with E-state index >= 15 is 0 Å². The fourth-order valence-corrected chi connectivity index (χ4v) is 2.25. The van der Waals surface area contributed by atoms with Gasteiger partial charge >= 0.3 is 0 Å². The lowest BCUT2D eigenvalue weighted by atomic mass is 10.1. The van der Waals surface area contributed by atoms with E-state index in [9.17, 15) is 5.26 Å². The number of rotatable bonds is 7. The van der Waals surface area contributed by atoms with Crippen molar-refractivity contribution in [3.63, 3.8) is 0 Å². The molecule has 0 radical (unpaired) electrons. The number of nitriles is 1. The molecule has 1 rings (SSSR count). The molecule has 1 N–H and O–H groups in total. The summed E-state index contributed by atoms with van der Waals surface area (Å²) in [6.45, 7) is 12.6. The Labute approximate surface area is 123 Å². The molecule has 1 aromatic rings. The highest BCUT2D eigenvalue weighted by molar-refractivity contribution is 5.61. The highest BCUT2D eigenvalue weighted by Crippen LogP contribution is 2.24. The van der Waals surface area contributed by atoms with Crippen LogP contribution in [0.5, 0.6) is 0 Å². The van der Waals surface area contributed by atoms with Gasteiger partial charge in [0.15, 0.2) is 0 Å². The monoisotopic (exact) mass is 273 g/mol. The van der Waals surface area contributed by atoms with Crippen molar-refractivity contribution in [3.05, 3.63) is 29.3 Å². The van der Waals surface area contributed by atoms with Crippen LogP contribution in [0, 0.1) is 11.3 Å². The van der Waals surface area contributed by atoms with Gasteiger partial charge in [-0.15, -0.1) is 0 Å². The number of hydrogen-bond donors (Lipinski definition) is 1. The van der Waals surface area contributed by atoms with Gasteiger partial charge in [0.2, 0.25) is 0 Å². The lowest BCUT2D eigenvalue weighted by Crippen LogP contribution is -2.32. The molecular weight excluding hydrogens is 246 g/mol. The Hall–Kier alpha value is -1.53. The maximum Gasteiger partial charge on any atom is 0.101 e. The van der Waals surface area contributed by atoms with Gasteiger partial charge < -0.3 is 10.2 Å². The molecule has 0 aliphatic rings. The minimum atomic E-state index is 0.404. The zero-order valence-corrected chi connectivity index (χ0v) is 13.4. The number of nitrogens with zero attached hydrogens (tertiary/aromatic N) is 2. The molecule has 3 nitrogen and oxygen atoms in total. The van der Waals surface area contributed by atoms with Crippen LogP contribution in [0.25, 0.3) is 0 Å². The first-order valence-electron chi connectivity index (χ1n) is 7.52. The van der Waals surface area contributed by atoms with Gasteiger partial charge in [-0.3, -0.25) is 0 Å². The second kappa shape index (κ2) is 7.91. The largest absolute Gasteiger partial charge is 0.368 e. The zero-order chi connectivity index (χ0) is 15.1. The predicted octanol–water partition coefficient (Wildman–Crippen LogP) is 3.68. The van der Waals surface area contributed by atoms with Crippen LogP contribution in [0.2, 0.25) is 0 Å². The second-order valence-electron chi connectivity index (χ2n) is 5.79. The highest BCUT2D eigenvalue weighted by atomic mass is 15.1. The minimum Gasteiger partial charge on any atom is -0.368 e. The molecule has 0 aromatic heterocycles. The quantitative estimate of drug-likeness (QED) is 0.823. The van der Waals surface area contributed by atoms with Crippen LogP contribution in [0.4, 0.5) is 5.69 Å². The van der Waals surface area contributed by atoms with Gasteiger partial charge in [0.25, 0.3) is 0 Å². The highest BCUT2D eigenvalue weighted by Gasteiger charge is 2.14. The van der Waals surface area contributed by atoms with Crippen molar-refractivity contribution in [2.75, 3.05) is 11.4 Å². The Morgan fingerprint density at radius 2 is 1.95 bits per heavy atom. The van der Waals surface area contributed by atoms with E-state index in [0.717, 1.165) is 30.8 Å². The summed E-state index contributed by atoms with van der Waals surface area (Å²) in [5, 5.41) is 12.8. The van der Waals surface area contributed by atoms with Gasteiger partial charge in [0.05, 0.1) is 11.3 Å². The van der Waals surface area contributed by atoms with Gasteiger partial charge in [0, 0.05) is 25.2 Å². The van der Waals surface area contributed by atoms with Crippen LogP contribution < -0.4 is 10.2 Å². The molecule has 0 saturated carbocycles. The SMILES string of the molecule is CCCN(c1ccc(CNC(C)C)cc1C#N)C(C)C. The molecule has 0 aliphatic heterocycles. The van der Waals surface area contributed by atoms with E-state index < -0.39 is 0 Å². The summed E-state index contributed by atoms with van der Waals surface area (Å²) in [6, 6.07) is 9.42. The van der Waals surface area contributed by atoms with Gasteiger partial charge in [-0.1, -0.05) is 26.8 Å². The lowest BCUT2D eigenvalue weighted by molar-refractivity contribution is 0.588. The van der Waals surface area contributed by atoms with Gasteiger partial charge in [-0.05, 0) is 38.0 Å². The summed E-state index contributed by atoms with van der Waals surface area (Å²) >= 11 is 0. The minimum absolute atomic E-state index is 0.404. The summed E-state index contributed by atoms with van der Waals surface area (Å²) in [6.07, 6.45) is 1.08. The van der Waals surface area contributed by atoms with Crippen LogP contribution in [0.3, 0.4) is 0 Å². The Kier molecular flexibility index (Phi) is 6.54. The third-order valence-corrected chi connectivity index (χ3v) is 3.29. The van der Waals surface area contributed by atoms with E-state index in [1.54, 1.807) is 0 Å². The normalized spacial score (nSPS) is 10.9. The fraction of sp³-hybridized carbons (Fsp3) is 0.588. The summed E-state index contributed by atoms with van der Waals surface area (Å²) < 4.78 is 0. The van der Waals surface area contributed by atoms with Gasteiger partial charge in [0.1, 0.15) is 6.07 Å². The molecule has 1 aromatic carbocycles. The third-order valence-electron chi connectivity index (χ3n) is 3.29. The molecule has 0 spiro atoms. The van der Waals surface area contributed by atoms with E-state index in [1.807, 2.05) is 6.07 Å². The molecule has 3 heteroatoms. The predicted molar refractivity (Wildman–Crippen MR) is 85.9 cm³/mol. The summed E-state index contributed by atoms with van der Waals surface area (Å²) in [4.78, 5) is 2.30. The summed E-state index contributed by atoms with van der Waals surface area (Å²) in [7, 11) is 0. The molecule has 0 heterocycles. The molecule has 0 aliphatic carbocycles. The van der Waals surface area contributed by atoms with Crippen molar-refractivity contribution >= 4 is 5.69 Å². The molecule has 0 unspecified atom stereocenters. The first kappa shape index (κ1) is 16.5. The molecule has 20 heavy (non-hydrogen) atoms. The number of anilines is 1.